The van der Waals surface area contributed by atoms with Crippen molar-refractivity contribution < 1.29 is 4.79 Å². The lowest BCUT2D eigenvalue weighted by Crippen LogP contribution is -2.33. The quantitative estimate of drug-likeness (QED) is 0.733. The minimum atomic E-state index is -0.0262. The molecule has 2 heterocycles. The Morgan fingerprint density at radius 2 is 1.96 bits per heavy atom. The summed E-state index contributed by atoms with van der Waals surface area (Å²) in [4.78, 5) is 19.6. The number of hydrogen-bond donors (Lipinski definition) is 1. The standard InChI is InChI=1S/C24H27N3O/c1-17-14-18(2)26-23-15-20(8-9-22(17)23)24(28)25-11-13-27-12-10-21(16-27)19-6-4-3-5-7-19/h3-9,14-15,21H,10-13,16H2,1-2H3,(H,25,28)/t21-/m1/s1. The number of pyridine rings is 1. The van der Waals surface area contributed by atoms with Gasteiger partial charge in [-0.1, -0.05) is 36.4 Å². The Morgan fingerprint density at radius 1 is 1.14 bits per heavy atom. The lowest BCUT2D eigenvalue weighted by Gasteiger charge is -2.16. The Balaban J connectivity index is 1.32. The topological polar surface area (TPSA) is 45.2 Å². The van der Waals surface area contributed by atoms with Gasteiger partial charge in [0, 0.05) is 36.3 Å². The number of likely N-dealkylation sites (tertiary alicyclic amines) is 1. The Labute approximate surface area is 166 Å². The third-order valence-corrected chi connectivity index (χ3v) is 5.66. The molecule has 1 N–H and O–H groups in total. The van der Waals surface area contributed by atoms with Gasteiger partial charge in [-0.25, -0.2) is 0 Å². The normalized spacial score (nSPS) is 17.1. The van der Waals surface area contributed by atoms with Crippen LogP contribution in [-0.2, 0) is 0 Å². The number of carbonyl (C=O) groups is 1. The van der Waals surface area contributed by atoms with Gasteiger partial charge in [0.05, 0.1) is 5.52 Å². The average molecular weight is 374 g/mol. The molecule has 0 radical (unpaired) electrons. The van der Waals surface area contributed by atoms with Gasteiger partial charge in [-0.15, -0.1) is 0 Å². The molecule has 0 unspecified atom stereocenters. The first-order valence-electron chi connectivity index (χ1n) is 10.0. The molecule has 1 amide bonds. The number of amides is 1. The van der Waals surface area contributed by atoms with Crippen LogP contribution in [0.25, 0.3) is 10.9 Å². The van der Waals surface area contributed by atoms with Crippen molar-refractivity contribution in [2.75, 3.05) is 26.2 Å². The Bertz CT molecular complexity index is 984. The van der Waals surface area contributed by atoms with Gasteiger partial charge in [-0.2, -0.15) is 0 Å². The van der Waals surface area contributed by atoms with Crippen LogP contribution >= 0.6 is 0 Å². The van der Waals surface area contributed by atoms with Crippen LogP contribution in [0.4, 0.5) is 0 Å². The summed E-state index contributed by atoms with van der Waals surface area (Å²) in [6, 6.07) is 18.6. The number of fused-ring (bicyclic) bond motifs is 1. The summed E-state index contributed by atoms with van der Waals surface area (Å²) >= 11 is 0. The maximum Gasteiger partial charge on any atom is 0.251 e. The summed E-state index contributed by atoms with van der Waals surface area (Å²) in [5.41, 5.74) is 5.15. The highest BCUT2D eigenvalue weighted by Crippen LogP contribution is 2.26. The van der Waals surface area contributed by atoms with Gasteiger partial charge >= 0.3 is 0 Å². The van der Waals surface area contributed by atoms with Crippen molar-refractivity contribution in [1.29, 1.82) is 0 Å². The zero-order valence-corrected chi connectivity index (χ0v) is 16.6. The van der Waals surface area contributed by atoms with Crippen molar-refractivity contribution in [3.63, 3.8) is 0 Å². The molecule has 4 heteroatoms. The van der Waals surface area contributed by atoms with Gasteiger partial charge in [0.2, 0.25) is 0 Å². The Morgan fingerprint density at radius 3 is 2.79 bits per heavy atom. The summed E-state index contributed by atoms with van der Waals surface area (Å²) in [7, 11) is 0. The zero-order valence-electron chi connectivity index (χ0n) is 16.6. The van der Waals surface area contributed by atoms with E-state index in [2.05, 4.69) is 58.5 Å². The van der Waals surface area contributed by atoms with Gasteiger partial charge in [0.1, 0.15) is 0 Å². The molecule has 1 aliphatic heterocycles. The maximum absolute atomic E-state index is 12.6. The predicted octanol–water partition coefficient (Wildman–Crippen LogP) is 4.07. The van der Waals surface area contributed by atoms with Crippen LogP contribution in [0, 0.1) is 13.8 Å². The van der Waals surface area contributed by atoms with Crippen LogP contribution < -0.4 is 5.32 Å². The van der Waals surface area contributed by atoms with Crippen molar-refractivity contribution in [3.8, 4) is 0 Å². The van der Waals surface area contributed by atoms with Crippen LogP contribution in [0.15, 0.2) is 54.6 Å². The predicted molar refractivity (Wildman–Crippen MR) is 114 cm³/mol. The minimum absolute atomic E-state index is 0.0262. The lowest BCUT2D eigenvalue weighted by molar-refractivity contribution is 0.0950. The molecule has 1 aromatic heterocycles. The number of nitrogens with one attached hydrogen (secondary N) is 1. The van der Waals surface area contributed by atoms with E-state index in [1.165, 1.54) is 17.5 Å². The molecular weight excluding hydrogens is 346 g/mol. The second kappa shape index (κ2) is 8.11. The second-order valence-electron chi connectivity index (χ2n) is 7.77. The average Bonchev–Trinajstić information content (AvgIpc) is 3.17. The number of hydrogen-bond acceptors (Lipinski definition) is 3. The SMILES string of the molecule is Cc1cc(C)c2ccc(C(=O)NCCN3CC[C@@H](c4ccccc4)C3)cc2n1. The Kier molecular flexibility index (Phi) is 5.40. The first-order valence-corrected chi connectivity index (χ1v) is 10.0. The smallest absolute Gasteiger partial charge is 0.251 e. The molecular formula is C24H27N3O. The summed E-state index contributed by atoms with van der Waals surface area (Å²) in [5, 5.41) is 4.17. The fraction of sp³-hybridized carbons (Fsp3) is 0.333. The molecule has 0 bridgehead atoms. The highest BCUT2D eigenvalue weighted by molar-refractivity contribution is 5.98. The van der Waals surface area contributed by atoms with Crippen molar-refractivity contribution in [1.82, 2.24) is 15.2 Å². The number of aromatic nitrogens is 1. The van der Waals surface area contributed by atoms with E-state index in [1.807, 2.05) is 25.1 Å². The summed E-state index contributed by atoms with van der Waals surface area (Å²) in [6.07, 6.45) is 1.19. The molecule has 28 heavy (non-hydrogen) atoms. The second-order valence-corrected chi connectivity index (χ2v) is 7.77. The maximum atomic E-state index is 12.6. The number of aryl methyl sites for hydroxylation is 2. The molecule has 0 saturated carbocycles. The number of carbonyl (C=O) groups excluding carboxylic acids is 1. The minimum Gasteiger partial charge on any atom is -0.351 e. The van der Waals surface area contributed by atoms with E-state index in [1.54, 1.807) is 0 Å². The van der Waals surface area contributed by atoms with Crippen LogP contribution in [0.5, 0.6) is 0 Å². The summed E-state index contributed by atoms with van der Waals surface area (Å²) in [5.74, 6) is 0.580. The van der Waals surface area contributed by atoms with E-state index in [0.29, 0.717) is 18.0 Å². The monoisotopic (exact) mass is 373 g/mol. The summed E-state index contributed by atoms with van der Waals surface area (Å²) in [6.45, 7) is 7.78. The van der Waals surface area contributed by atoms with Crippen LogP contribution in [-0.4, -0.2) is 42.0 Å². The van der Waals surface area contributed by atoms with Gasteiger partial charge in [-0.05, 0) is 62.1 Å². The molecule has 1 atom stereocenters. The van der Waals surface area contributed by atoms with Gasteiger partial charge in [0.15, 0.2) is 0 Å². The van der Waals surface area contributed by atoms with Crippen LogP contribution in [0.1, 0.15) is 39.5 Å². The van der Waals surface area contributed by atoms with Crippen molar-refractivity contribution >= 4 is 16.8 Å². The molecule has 3 aromatic rings. The molecule has 0 spiro atoms. The highest BCUT2D eigenvalue weighted by atomic mass is 16.1. The molecule has 4 rings (SSSR count). The molecule has 4 nitrogen and oxygen atoms in total. The molecule has 1 aliphatic rings. The fourth-order valence-corrected chi connectivity index (χ4v) is 4.17. The Hall–Kier alpha value is -2.72. The number of rotatable bonds is 5. The molecule has 1 fully saturated rings. The van der Waals surface area contributed by atoms with E-state index in [4.69, 9.17) is 0 Å². The van der Waals surface area contributed by atoms with Crippen molar-refractivity contribution in [2.24, 2.45) is 0 Å². The zero-order chi connectivity index (χ0) is 19.5. The van der Waals surface area contributed by atoms with Crippen LogP contribution in [0.2, 0.25) is 0 Å². The fourth-order valence-electron chi connectivity index (χ4n) is 4.17. The lowest BCUT2D eigenvalue weighted by atomic mass is 9.99. The largest absolute Gasteiger partial charge is 0.351 e. The third-order valence-electron chi connectivity index (χ3n) is 5.66. The number of nitrogens with zero attached hydrogens (tertiary/aromatic N) is 2. The molecule has 144 valence electrons. The van der Waals surface area contributed by atoms with E-state index in [0.717, 1.165) is 36.2 Å². The van der Waals surface area contributed by atoms with Crippen molar-refractivity contribution in [2.45, 2.75) is 26.2 Å². The van der Waals surface area contributed by atoms with Crippen molar-refractivity contribution in [3.05, 3.63) is 77.0 Å². The molecule has 1 saturated heterocycles. The first-order chi connectivity index (χ1) is 13.6. The van der Waals surface area contributed by atoms with E-state index < -0.39 is 0 Å². The van der Waals surface area contributed by atoms with E-state index in [-0.39, 0.29) is 5.91 Å². The highest BCUT2D eigenvalue weighted by Gasteiger charge is 2.23. The van der Waals surface area contributed by atoms with Crippen LogP contribution in [0.3, 0.4) is 0 Å². The third kappa shape index (κ3) is 4.07. The van der Waals surface area contributed by atoms with Gasteiger partial charge in [0.25, 0.3) is 5.91 Å². The molecule has 0 aliphatic carbocycles. The first kappa shape index (κ1) is 18.6. The van der Waals surface area contributed by atoms with E-state index in [9.17, 15) is 4.79 Å². The molecule has 2 aromatic carbocycles. The number of benzene rings is 2. The van der Waals surface area contributed by atoms with E-state index >= 15 is 0 Å². The van der Waals surface area contributed by atoms with Gasteiger partial charge in [-0.3, -0.25) is 9.78 Å². The van der Waals surface area contributed by atoms with Gasteiger partial charge < -0.3 is 10.2 Å². The summed E-state index contributed by atoms with van der Waals surface area (Å²) < 4.78 is 0.